The van der Waals surface area contributed by atoms with Crippen LogP contribution in [0.5, 0.6) is 0 Å². The molecule has 0 amide bonds. The van der Waals surface area contributed by atoms with Crippen molar-refractivity contribution in [3.8, 4) is 0 Å². The fourth-order valence-corrected chi connectivity index (χ4v) is 8.93. The second-order valence-corrected chi connectivity index (χ2v) is 15.6. The van der Waals surface area contributed by atoms with Gasteiger partial charge in [-0.2, -0.15) is 0 Å². The van der Waals surface area contributed by atoms with E-state index >= 15 is 0 Å². The zero-order valence-corrected chi connectivity index (χ0v) is 30.6. The van der Waals surface area contributed by atoms with Crippen molar-refractivity contribution in [1.82, 2.24) is 0 Å². The molecule has 22 unspecified atom stereocenters. The standard InChI is InChI=1S/C34H58O21/c1-47-17-3-11(4-18(48-2)23(17)39)31-19(53-34-30(46)27(43)25(41)21(55-34)10-50-32-28(44)22(38)14(37)9-49-32)7-13-15(51-31)5-12(36)6-16(13)52-33-29(45)26(42)24(40)20(8-35)54-33/h11-46H,3-10H2,1-2H3/p+1. The molecule has 6 aliphatic rings. The van der Waals surface area contributed by atoms with Crippen LogP contribution in [0.25, 0.3) is 0 Å². The minimum absolute atomic E-state index is 0.0594. The van der Waals surface area contributed by atoms with Crippen molar-refractivity contribution in [1.29, 1.82) is 0 Å². The molecule has 2 saturated carbocycles. The number of aliphatic hydroxyl groups excluding tert-OH is 12. The van der Waals surface area contributed by atoms with Gasteiger partial charge in [0.1, 0.15) is 79.4 Å². The van der Waals surface area contributed by atoms with E-state index in [9.17, 15) is 61.3 Å². The second kappa shape index (κ2) is 18.6. The molecular weight excluding hydrogens is 744 g/mol. The Morgan fingerprint density at radius 3 is 1.73 bits per heavy atom. The number of methoxy groups -OCH3 is 2. The van der Waals surface area contributed by atoms with Gasteiger partial charge >= 0.3 is 0 Å². The molecule has 55 heavy (non-hydrogen) atoms. The normalized spacial score (nSPS) is 53.8. The van der Waals surface area contributed by atoms with Gasteiger partial charge in [-0.25, -0.2) is 0 Å². The van der Waals surface area contributed by atoms with Crippen LogP contribution in [0.2, 0.25) is 0 Å². The van der Waals surface area contributed by atoms with E-state index in [1.54, 1.807) is 0 Å². The molecule has 4 saturated heterocycles. The lowest BCUT2D eigenvalue weighted by Crippen LogP contribution is -2.64. The Kier molecular flexibility index (Phi) is 14.8. The first-order valence-corrected chi connectivity index (χ1v) is 18.9. The van der Waals surface area contributed by atoms with Crippen molar-refractivity contribution in [2.75, 3.05) is 34.0 Å². The molecule has 22 atom stereocenters. The number of hydrogen-bond acceptors (Lipinski definition) is 20. The Bertz CT molecular complexity index is 1190. The van der Waals surface area contributed by atoms with Crippen LogP contribution >= 0.6 is 0 Å². The highest BCUT2D eigenvalue weighted by Crippen LogP contribution is 2.44. The quantitative estimate of drug-likeness (QED) is 0.0864. The number of aliphatic hydroxyl groups is 14. The topological polar surface area (TPSA) is 329 Å². The van der Waals surface area contributed by atoms with Crippen LogP contribution in [0.15, 0.2) is 0 Å². The number of ether oxygens (including phenoxy) is 9. The zero-order chi connectivity index (χ0) is 39.9. The van der Waals surface area contributed by atoms with Gasteiger partial charge in [-0.15, -0.1) is 0 Å². The molecule has 0 aromatic rings. The van der Waals surface area contributed by atoms with E-state index in [4.69, 9.17) is 42.6 Å². The van der Waals surface area contributed by atoms with E-state index in [1.807, 2.05) is 0 Å². The summed E-state index contributed by atoms with van der Waals surface area (Å²) in [5.74, 6) is -0.861. The Morgan fingerprint density at radius 1 is 0.564 bits per heavy atom. The molecule has 0 radical (unpaired) electrons. The molecule has 0 spiro atoms. The number of fused-ring (bicyclic) bond motifs is 1. The molecule has 320 valence electrons. The van der Waals surface area contributed by atoms with Gasteiger partial charge in [0.2, 0.25) is 0 Å². The minimum Gasteiger partial charge on any atom is -0.427 e. The first-order chi connectivity index (χ1) is 26.2. The van der Waals surface area contributed by atoms with Crippen molar-refractivity contribution in [3.63, 3.8) is 0 Å². The van der Waals surface area contributed by atoms with Crippen LogP contribution in [0.4, 0.5) is 0 Å². The van der Waals surface area contributed by atoms with Crippen LogP contribution < -0.4 is 0 Å². The summed E-state index contributed by atoms with van der Waals surface area (Å²) >= 11 is 0. The van der Waals surface area contributed by atoms with Crippen LogP contribution in [0.3, 0.4) is 0 Å². The highest BCUT2D eigenvalue weighted by atomic mass is 16.7. The van der Waals surface area contributed by atoms with Gasteiger partial charge in [-0.1, -0.05) is 0 Å². The Balaban J connectivity index is 1.23. The van der Waals surface area contributed by atoms with E-state index < -0.39 is 154 Å². The van der Waals surface area contributed by atoms with E-state index in [2.05, 4.69) is 0 Å². The number of hydrogen-bond donors (Lipinski definition) is 12. The summed E-state index contributed by atoms with van der Waals surface area (Å²) in [6.45, 7) is -1.52. The summed E-state index contributed by atoms with van der Waals surface area (Å²) in [6, 6.07) is 0. The average Bonchev–Trinajstić information content (AvgIpc) is 3.17. The average molecular weight is 804 g/mol. The molecule has 0 aromatic heterocycles. The molecule has 2 aliphatic carbocycles. The van der Waals surface area contributed by atoms with Crippen molar-refractivity contribution in [3.05, 3.63) is 0 Å². The second-order valence-electron chi connectivity index (χ2n) is 15.6. The van der Waals surface area contributed by atoms with Crippen LogP contribution in [0.1, 0.15) is 32.1 Å². The Morgan fingerprint density at radius 2 is 1.13 bits per heavy atom. The SMILES string of the molecule is COC1CC(C2[OH+]C3CC(O)CC(OC4OC(CO)C(O)C(O)C4O)C3CC2OC2OC(COC3OCC(O)C(O)C3O)C(O)C(O)C2O)CC(OC)C1O. The lowest BCUT2D eigenvalue weighted by molar-refractivity contribution is -0.370. The zero-order valence-electron chi connectivity index (χ0n) is 30.6. The summed E-state index contributed by atoms with van der Waals surface area (Å²) in [5.41, 5.74) is 0. The van der Waals surface area contributed by atoms with Gasteiger partial charge in [-0.3, -0.25) is 0 Å². The maximum Gasteiger partial charge on any atom is 0.187 e. The fourth-order valence-electron chi connectivity index (χ4n) is 8.93. The van der Waals surface area contributed by atoms with Crippen molar-refractivity contribution < 1.29 is 104 Å². The van der Waals surface area contributed by atoms with Crippen molar-refractivity contribution >= 4 is 0 Å². The summed E-state index contributed by atoms with van der Waals surface area (Å²) in [7, 11) is 2.93. The third kappa shape index (κ3) is 9.17. The molecule has 21 heteroatoms. The highest BCUT2D eigenvalue weighted by molar-refractivity contribution is 5.01. The van der Waals surface area contributed by atoms with Crippen LogP contribution in [-0.4, -0.2) is 235 Å². The predicted molar refractivity (Wildman–Crippen MR) is 177 cm³/mol. The maximum atomic E-state index is 11.1. The third-order valence-electron chi connectivity index (χ3n) is 12.2. The summed E-state index contributed by atoms with van der Waals surface area (Å²) in [6.07, 6.45) is -26.9. The first-order valence-electron chi connectivity index (χ1n) is 18.9. The highest BCUT2D eigenvalue weighted by Gasteiger charge is 2.57. The molecule has 4 heterocycles. The third-order valence-corrected chi connectivity index (χ3v) is 12.2. The van der Waals surface area contributed by atoms with Gasteiger partial charge in [0, 0.05) is 33.0 Å². The lowest BCUT2D eigenvalue weighted by atomic mass is 9.72. The van der Waals surface area contributed by atoms with E-state index in [1.165, 1.54) is 14.2 Å². The molecule has 6 rings (SSSR count). The van der Waals surface area contributed by atoms with Gasteiger partial charge in [0.15, 0.2) is 31.1 Å². The monoisotopic (exact) mass is 803 g/mol. The van der Waals surface area contributed by atoms with E-state index in [-0.39, 0.29) is 31.8 Å². The van der Waals surface area contributed by atoms with Crippen LogP contribution in [0, 0.1) is 11.8 Å². The molecule has 13 N–H and O–H groups in total. The summed E-state index contributed by atoms with van der Waals surface area (Å²) < 4.78 is 51.4. The molecule has 4 aliphatic heterocycles. The predicted octanol–water partition coefficient (Wildman–Crippen LogP) is -6.94. The molecule has 0 aromatic carbocycles. The summed E-state index contributed by atoms with van der Waals surface area (Å²) in [4.78, 5) is 0. The first kappa shape index (κ1) is 43.7. The van der Waals surface area contributed by atoms with Gasteiger partial charge in [-0.05, 0) is 19.3 Å². The summed E-state index contributed by atoms with van der Waals surface area (Å²) in [5, 5.41) is 126. The maximum absolute atomic E-state index is 11.1. The van der Waals surface area contributed by atoms with Crippen molar-refractivity contribution in [2.24, 2.45) is 11.8 Å². The van der Waals surface area contributed by atoms with Gasteiger partial charge in [0.25, 0.3) is 0 Å². The fraction of sp³-hybridized carbons (Fsp3) is 1.00. The van der Waals surface area contributed by atoms with Gasteiger partial charge < -0.3 is 104 Å². The molecule has 0 bridgehead atoms. The Labute approximate surface area is 316 Å². The minimum atomic E-state index is -1.80. The number of rotatable bonds is 11. The van der Waals surface area contributed by atoms with Crippen LogP contribution in [-0.2, 0) is 37.9 Å². The van der Waals surface area contributed by atoms with Crippen molar-refractivity contribution in [2.45, 2.75) is 167 Å². The molecule has 6 fully saturated rings. The van der Waals surface area contributed by atoms with Gasteiger partial charge in [0.05, 0.1) is 50.2 Å². The van der Waals surface area contributed by atoms with E-state index in [0.717, 1.165) is 0 Å². The largest absolute Gasteiger partial charge is 0.427 e. The Hall–Kier alpha value is -0.840. The molecular formula is C34H59O21+. The smallest absolute Gasteiger partial charge is 0.187 e. The van der Waals surface area contributed by atoms with E-state index in [0.29, 0.717) is 12.8 Å². The lowest BCUT2D eigenvalue weighted by Gasteiger charge is -2.50. The molecule has 21 nitrogen and oxygen atoms in total.